The molecule has 19 heavy (non-hydrogen) atoms. The van der Waals surface area contributed by atoms with E-state index in [9.17, 15) is 4.79 Å². The number of hydrogen-bond donors (Lipinski definition) is 0. The first-order valence-electron chi connectivity index (χ1n) is 6.77. The quantitative estimate of drug-likeness (QED) is 0.828. The van der Waals surface area contributed by atoms with Crippen LogP contribution in [-0.2, 0) is 4.79 Å². The van der Waals surface area contributed by atoms with Crippen LogP contribution in [-0.4, -0.2) is 55.0 Å². The van der Waals surface area contributed by atoms with Crippen LogP contribution in [0.5, 0.6) is 5.75 Å². The monoisotopic (exact) mass is 262 g/mol. The van der Waals surface area contributed by atoms with E-state index in [1.54, 1.807) is 0 Å². The molecule has 1 fully saturated rings. The van der Waals surface area contributed by atoms with Crippen LogP contribution in [0, 0.1) is 6.92 Å². The van der Waals surface area contributed by atoms with E-state index in [2.05, 4.69) is 11.9 Å². The van der Waals surface area contributed by atoms with Gasteiger partial charge in [0.25, 0.3) is 5.91 Å². The van der Waals surface area contributed by atoms with Crippen molar-refractivity contribution >= 4 is 5.91 Å². The zero-order valence-corrected chi connectivity index (χ0v) is 11.9. The van der Waals surface area contributed by atoms with E-state index in [-0.39, 0.29) is 5.91 Å². The van der Waals surface area contributed by atoms with E-state index in [1.165, 1.54) is 0 Å². The fourth-order valence-corrected chi connectivity index (χ4v) is 2.23. The van der Waals surface area contributed by atoms with Gasteiger partial charge in [-0.25, -0.2) is 0 Å². The van der Waals surface area contributed by atoms with Crippen LogP contribution in [0.15, 0.2) is 24.3 Å². The Labute approximate surface area is 115 Å². The molecule has 0 spiro atoms. The first-order valence-corrected chi connectivity index (χ1v) is 6.77. The number of likely N-dealkylation sites (N-methyl/N-ethyl adjacent to an activating group) is 1. The summed E-state index contributed by atoms with van der Waals surface area (Å²) in [7, 11) is 2.08. The summed E-state index contributed by atoms with van der Waals surface area (Å²) in [5, 5.41) is 0. The molecule has 0 unspecified atom stereocenters. The van der Waals surface area contributed by atoms with Gasteiger partial charge in [0.1, 0.15) is 5.75 Å². The predicted octanol–water partition coefficient (Wildman–Crippen LogP) is 1.54. The minimum absolute atomic E-state index is 0.0783. The Bertz CT molecular complexity index is 440. The molecule has 1 aliphatic rings. The molecule has 1 aromatic carbocycles. The van der Waals surface area contributed by atoms with Crippen molar-refractivity contribution in [2.45, 2.75) is 20.0 Å². The minimum atomic E-state index is -0.426. The molecule has 0 saturated carbocycles. The minimum Gasteiger partial charge on any atom is -0.481 e. The molecule has 0 N–H and O–H groups in total. The number of aryl methyl sites for hydroxylation is 1. The Morgan fingerprint density at radius 2 is 1.95 bits per heavy atom. The summed E-state index contributed by atoms with van der Waals surface area (Å²) < 4.78 is 5.73. The molecule has 4 heteroatoms. The second kappa shape index (κ2) is 6.06. The van der Waals surface area contributed by atoms with Crippen molar-refractivity contribution < 1.29 is 9.53 Å². The van der Waals surface area contributed by atoms with Gasteiger partial charge in [-0.05, 0) is 38.6 Å². The summed E-state index contributed by atoms with van der Waals surface area (Å²) in [4.78, 5) is 16.4. The highest BCUT2D eigenvalue weighted by Crippen LogP contribution is 2.15. The summed E-state index contributed by atoms with van der Waals surface area (Å²) in [6.07, 6.45) is -0.426. The van der Waals surface area contributed by atoms with Gasteiger partial charge < -0.3 is 14.5 Å². The SMILES string of the molecule is Cc1cccc(O[C@@H](C)C(=O)N2CCN(C)CC2)c1. The van der Waals surface area contributed by atoms with Crippen LogP contribution >= 0.6 is 0 Å². The maximum atomic E-state index is 12.3. The van der Waals surface area contributed by atoms with Crippen LogP contribution in [0.4, 0.5) is 0 Å². The van der Waals surface area contributed by atoms with E-state index in [1.807, 2.05) is 43.0 Å². The average Bonchev–Trinajstić information content (AvgIpc) is 2.39. The molecule has 4 nitrogen and oxygen atoms in total. The molecule has 104 valence electrons. The topological polar surface area (TPSA) is 32.8 Å². The van der Waals surface area contributed by atoms with E-state index < -0.39 is 6.10 Å². The molecule has 1 heterocycles. The summed E-state index contributed by atoms with van der Waals surface area (Å²) in [6, 6.07) is 7.80. The molecule has 0 aromatic heterocycles. The smallest absolute Gasteiger partial charge is 0.263 e. The maximum absolute atomic E-state index is 12.3. The number of carbonyl (C=O) groups excluding carboxylic acids is 1. The van der Waals surface area contributed by atoms with Gasteiger partial charge >= 0.3 is 0 Å². The molecule has 1 aliphatic heterocycles. The lowest BCUT2D eigenvalue weighted by Gasteiger charge is -2.33. The number of benzene rings is 1. The average molecular weight is 262 g/mol. The standard InChI is InChI=1S/C15H22N2O2/c1-12-5-4-6-14(11-12)19-13(2)15(18)17-9-7-16(3)8-10-17/h4-6,11,13H,7-10H2,1-3H3/t13-/m0/s1. The zero-order valence-electron chi connectivity index (χ0n) is 11.9. The fraction of sp³-hybridized carbons (Fsp3) is 0.533. The van der Waals surface area contributed by atoms with E-state index in [0.717, 1.165) is 37.5 Å². The molecule has 1 aromatic rings. The number of rotatable bonds is 3. The lowest BCUT2D eigenvalue weighted by atomic mass is 10.2. The Balaban J connectivity index is 1.92. The molecule has 0 aliphatic carbocycles. The second-order valence-electron chi connectivity index (χ2n) is 5.21. The van der Waals surface area contributed by atoms with Gasteiger partial charge in [0.05, 0.1) is 0 Å². The molecular formula is C15H22N2O2. The van der Waals surface area contributed by atoms with Gasteiger partial charge in [-0.2, -0.15) is 0 Å². The summed E-state index contributed by atoms with van der Waals surface area (Å²) >= 11 is 0. The van der Waals surface area contributed by atoms with E-state index in [0.29, 0.717) is 0 Å². The van der Waals surface area contributed by atoms with Crippen LogP contribution in [0.25, 0.3) is 0 Å². The molecule has 0 radical (unpaired) electrons. The number of carbonyl (C=O) groups is 1. The highest BCUT2D eigenvalue weighted by Gasteiger charge is 2.24. The van der Waals surface area contributed by atoms with Crippen molar-refractivity contribution in [3.63, 3.8) is 0 Å². The lowest BCUT2D eigenvalue weighted by molar-refractivity contribution is -0.139. The van der Waals surface area contributed by atoms with Crippen molar-refractivity contribution in [3.05, 3.63) is 29.8 Å². The van der Waals surface area contributed by atoms with Crippen LogP contribution in [0.3, 0.4) is 0 Å². The molecular weight excluding hydrogens is 240 g/mol. The maximum Gasteiger partial charge on any atom is 0.263 e. The van der Waals surface area contributed by atoms with Crippen molar-refractivity contribution in [2.24, 2.45) is 0 Å². The number of nitrogens with zero attached hydrogens (tertiary/aromatic N) is 2. The first kappa shape index (κ1) is 13.9. The Morgan fingerprint density at radius 1 is 1.26 bits per heavy atom. The third-order valence-corrected chi connectivity index (χ3v) is 3.47. The summed E-state index contributed by atoms with van der Waals surface area (Å²) in [6.45, 7) is 7.28. The van der Waals surface area contributed by atoms with E-state index >= 15 is 0 Å². The number of ether oxygens (including phenoxy) is 1. The van der Waals surface area contributed by atoms with Crippen LogP contribution < -0.4 is 4.74 Å². The van der Waals surface area contributed by atoms with Gasteiger partial charge in [-0.1, -0.05) is 12.1 Å². The Kier molecular flexibility index (Phi) is 4.43. The molecule has 0 bridgehead atoms. The Morgan fingerprint density at radius 3 is 2.58 bits per heavy atom. The van der Waals surface area contributed by atoms with Crippen molar-refractivity contribution in [2.75, 3.05) is 33.2 Å². The summed E-state index contributed by atoms with van der Waals surface area (Å²) in [5.74, 6) is 0.838. The van der Waals surface area contributed by atoms with Gasteiger partial charge in [0, 0.05) is 26.2 Å². The molecule has 1 saturated heterocycles. The van der Waals surface area contributed by atoms with Gasteiger partial charge in [-0.15, -0.1) is 0 Å². The Hall–Kier alpha value is -1.55. The predicted molar refractivity (Wildman–Crippen MR) is 75.3 cm³/mol. The highest BCUT2D eigenvalue weighted by molar-refractivity contribution is 5.81. The molecule has 1 atom stereocenters. The van der Waals surface area contributed by atoms with Gasteiger partial charge in [0.15, 0.2) is 6.10 Å². The lowest BCUT2D eigenvalue weighted by Crippen LogP contribution is -2.50. The fourth-order valence-electron chi connectivity index (χ4n) is 2.23. The van der Waals surface area contributed by atoms with E-state index in [4.69, 9.17) is 4.74 Å². The van der Waals surface area contributed by atoms with Crippen LogP contribution in [0.2, 0.25) is 0 Å². The van der Waals surface area contributed by atoms with Gasteiger partial charge in [-0.3, -0.25) is 4.79 Å². The molecule has 2 rings (SSSR count). The second-order valence-corrected chi connectivity index (χ2v) is 5.21. The summed E-state index contributed by atoms with van der Waals surface area (Å²) in [5.41, 5.74) is 1.14. The number of piperazine rings is 1. The number of hydrogen-bond acceptors (Lipinski definition) is 3. The van der Waals surface area contributed by atoms with Crippen molar-refractivity contribution in [1.29, 1.82) is 0 Å². The van der Waals surface area contributed by atoms with Crippen molar-refractivity contribution in [3.8, 4) is 5.75 Å². The third-order valence-electron chi connectivity index (χ3n) is 3.47. The highest BCUT2D eigenvalue weighted by atomic mass is 16.5. The zero-order chi connectivity index (χ0) is 13.8. The third kappa shape index (κ3) is 3.70. The number of amides is 1. The van der Waals surface area contributed by atoms with Crippen molar-refractivity contribution in [1.82, 2.24) is 9.80 Å². The largest absolute Gasteiger partial charge is 0.481 e. The first-order chi connectivity index (χ1) is 9.06. The van der Waals surface area contributed by atoms with Gasteiger partial charge in [0.2, 0.25) is 0 Å². The van der Waals surface area contributed by atoms with Crippen LogP contribution in [0.1, 0.15) is 12.5 Å². The normalized spacial score (nSPS) is 18.2. The molecule has 1 amide bonds.